The Hall–Kier alpha value is -2.22. The second kappa shape index (κ2) is 10.9. The van der Waals surface area contributed by atoms with E-state index in [-0.39, 0.29) is 18.0 Å². The quantitative estimate of drug-likeness (QED) is 0.175. The molecule has 8 heteroatoms. The van der Waals surface area contributed by atoms with Gasteiger partial charge < -0.3 is 10.1 Å². The molecule has 0 saturated carbocycles. The van der Waals surface area contributed by atoms with Gasteiger partial charge in [0.15, 0.2) is 0 Å². The zero-order valence-corrected chi connectivity index (χ0v) is 21.2. The lowest BCUT2D eigenvalue weighted by Gasteiger charge is -2.12. The summed E-state index contributed by atoms with van der Waals surface area (Å²) in [5.74, 6) is -0.279. The van der Waals surface area contributed by atoms with Gasteiger partial charge >= 0.3 is 0 Å². The molecular formula is C23H14Br2FIN2O2. The summed E-state index contributed by atoms with van der Waals surface area (Å²) in [6.07, 6.45) is 1.50. The van der Waals surface area contributed by atoms with E-state index in [4.69, 9.17) is 4.74 Å². The zero-order chi connectivity index (χ0) is 22.4. The van der Waals surface area contributed by atoms with E-state index in [1.54, 1.807) is 54.6 Å². The molecule has 3 aromatic carbocycles. The first-order chi connectivity index (χ1) is 14.9. The van der Waals surface area contributed by atoms with Gasteiger partial charge in [-0.15, -0.1) is 0 Å². The molecule has 0 unspecified atom stereocenters. The van der Waals surface area contributed by atoms with Crippen LogP contribution in [0.4, 0.5) is 10.1 Å². The molecule has 0 aliphatic rings. The molecule has 0 aliphatic heterocycles. The van der Waals surface area contributed by atoms with Crippen LogP contribution in [-0.2, 0) is 11.4 Å². The van der Waals surface area contributed by atoms with Gasteiger partial charge in [-0.2, -0.15) is 5.26 Å². The minimum Gasteiger partial charge on any atom is -0.486 e. The maximum Gasteiger partial charge on any atom is 0.266 e. The number of rotatable bonds is 6. The number of amides is 1. The molecular weight excluding hydrogens is 642 g/mol. The number of anilines is 1. The van der Waals surface area contributed by atoms with Crippen LogP contribution in [0.3, 0.4) is 0 Å². The standard InChI is InChI=1S/C23H14Br2FIN2O2/c24-17-5-7-18(8-6-17)29-23(30)16(12-28)9-14-10-19(25)22(21(27)11-14)31-13-15-3-1-2-4-20(15)26/h1-11H,13H2,(H,29,30)/b16-9-. The molecule has 0 spiro atoms. The fourth-order valence-corrected chi connectivity index (χ4v) is 4.65. The SMILES string of the molecule is N#C/C(=C/c1cc(Br)c(OCc2ccccc2F)c(I)c1)C(=O)Nc1ccc(Br)cc1. The van der Waals surface area contributed by atoms with Crippen molar-refractivity contribution in [3.63, 3.8) is 0 Å². The number of nitrogens with zero attached hydrogens (tertiary/aromatic N) is 1. The number of hydrogen-bond donors (Lipinski definition) is 1. The predicted octanol–water partition coefficient (Wildman–Crippen LogP) is 7.08. The van der Waals surface area contributed by atoms with Crippen LogP contribution in [0.1, 0.15) is 11.1 Å². The highest BCUT2D eigenvalue weighted by atomic mass is 127. The molecule has 156 valence electrons. The molecule has 0 aliphatic carbocycles. The van der Waals surface area contributed by atoms with Gasteiger partial charge in [0.1, 0.15) is 29.8 Å². The Bertz CT molecular complexity index is 1170. The highest BCUT2D eigenvalue weighted by molar-refractivity contribution is 14.1. The maximum atomic E-state index is 13.8. The van der Waals surface area contributed by atoms with Crippen LogP contribution in [0.25, 0.3) is 6.08 Å². The van der Waals surface area contributed by atoms with Gasteiger partial charge in [-0.1, -0.05) is 34.1 Å². The highest BCUT2D eigenvalue weighted by Gasteiger charge is 2.13. The van der Waals surface area contributed by atoms with Crippen molar-refractivity contribution in [2.24, 2.45) is 0 Å². The van der Waals surface area contributed by atoms with Gasteiger partial charge in [-0.25, -0.2) is 4.39 Å². The van der Waals surface area contributed by atoms with Crippen molar-refractivity contribution in [3.8, 4) is 11.8 Å². The number of nitrogens with one attached hydrogen (secondary N) is 1. The van der Waals surface area contributed by atoms with Crippen LogP contribution in [0.15, 0.2) is 75.2 Å². The Labute approximate surface area is 209 Å². The fraction of sp³-hybridized carbons (Fsp3) is 0.0435. The van der Waals surface area contributed by atoms with Crippen LogP contribution >= 0.6 is 54.5 Å². The lowest BCUT2D eigenvalue weighted by Crippen LogP contribution is -2.13. The van der Waals surface area contributed by atoms with Crippen molar-refractivity contribution in [2.75, 3.05) is 5.32 Å². The summed E-state index contributed by atoms with van der Waals surface area (Å²) in [7, 11) is 0. The summed E-state index contributed by atoms with van der Waals surface area (Å²) in [6, 6.07) is 18.9. The van der Waals surface area contributed by atoms with E-state index in [0.717, 1.165) is 8.04 Å². The highest BCUT2D eigenvalue weighted by Crippen LogP contribution is 2.33. The number of benzene rings is 3. The molecule has 4 nitrogen and oxygen atoms in total. The third-order valence-electron chi connectivity index (χ3n) is 4.13. The van der Waals surface area contributed by atoms with Gasteiger partial charge in [0.05, 0.1) is 8.04 Å². The van der Waals surface area contributed by atoms with Crippen molar-refractivity contribution in [1.29, 1.82) is 5.26 Å². The van der Waals surface area contributed by atoms with Gasteiger partial charge in [-0.05, 0) is 92.6 Å². The summed E-state index contributed by atoms with van der Waals surface area (Å²) >= 11 is 8.89. The van der Waals surface area contributed by atoms with Gasteiger partial charge in [-0.3, -0.25) is 4.79 Å². The molecule has 3 rings (SSSR count). The number of carbonyl (C=O) groups excluding carboxylic acids is 1. The molecule has 3 aromatic rings. The third kappa shape index (κ3) is 6.38. The van der Waals surface area contributed by atoms with Crippen molar-refractivity contribution < 1.29 is 13.9 Å². The molecule has 1 amide bonds. The van der Waals surface area contributed by atoms with Crippen LogP contribution in [0, 0.1) is 20.7 Å². The molecule has 0 radical (unpaired) electrons. The zero-order valence-electron chi connectivity index (χ0n) is 15.8. The van der Waals surface area contributed by atoms with Crippen molar-refractivity contribution >= 4 is 72.1 Å². The summed E-state index contributed by atoms with van der Waals surface area (Å²) in [4.78, 5) is 12.5. The molecule has 1 N–H and O–H groups in total. The smallest absolute Gasteiger partial charge is 0.266 e. The summed E-state index contributed by atoms with van der Waals surface area (Å²) in [5.41, 5.74) is 1.65. The molecule has 0 bridgehead atoms. The molecule has 31 heavy (non-hydrogen) atoms. The van der Waals surface area contributed by atoms with Gasteiger partial charge in [0.2, 0.25) is 0 Å². The molecule has 0 heterocycles. The Morgan fingerprint density at radius 1 is 1.16 bits per heavy atom. The van der Waals surface area contributed by atoms with Crippen molar-refractivity contribution in [2.45, 2.75) is 6.61 Å². The lowest BCUT2D eigenvalue weighted by molar-refractivity contribution is -0.112. The van der Waals surface area contributed by atoms with Crippen molar-refractivity contribution in [1.82, 2.24) is 0 Å². The molecule has 0 saturated heterocycles. The molecule has 0 fully saturated rings. The first-order valence-electron chi connectivity index (χ1n) is 8.91. The van der Waals surface area contributed by atoms with E-state index < -0.39 is 5.91 Å². The van der Waals surface area contributed by atoms with Gasteiger partial charge in [0.25, 0.3) is 5.91 Å². The average Bonchev–Trinajstić information content (AvgIpc) is 2.74. The summed E-state index contributed by atoms with van der Waals surface area (Å²) in [5, 5.41) is 12.1. The van der Waals surface area contributed by atoms with Crippen LogP contribution < -0.4 is 10.1 Å². The lowest BCUT2D eigenvalue weighted by atomic mass is 10.1. The Morgan fingerprint density at radius 3 is 2.52 bits per heavy atom. The maximum absolute atomic E-state index is 13.8. The Morgan fingerprint density at radius 2 is 1.87 bits per heavy atom. The number of ether oxygens (including phenoxy) is 1. The monoisotopic (exact) mass is 654 g/mol. The fourth-order valence-electron chi connectivity index (χ4n) is 2.61. The minimum atomic E-state index is -0.504. The molecule has 0 aromatic heterocycles. The first kappa shape index (κ1) is 23.4. The average molecular weight is 656 g/mol. The summed E-state index contributed by atoms with van der Waals surface area (Å²) in [6.45, 7) is 0.0789. The van der Waals surface area contributed by atoms with Crippen molar-refractivity contribution in [3.05, 3.63) is 95.7 Å². The normalized spacial score (nSPS) is 11.0. The van der Waals surface area contributed by atoms with E-state index in [2.05, 4.69) is 59.8 Å². The number of halogens is 4. The summed E-state index contributed by atoms with van der Waals surface area (Å²) < 4.78 is 21.9. The van der Waals surface area contributed by atoms with Crippen LogP contribution in [0.2, 0.25) is 0 Å². The molecule has 0 atom stereocenters. The Balaban J connectivity index is 1.77. The topological polar surface area (TPSA) is 62.1 Å². The minimum absolute atomic E-state index is 0.0364. The third-order valence-corrected chi connectivity index (χ3v) is 6.05. The second-order valence-corrected chi connectivity index (χ2v) is 9.26. The second-order valence-electron chi connectivity index (χ2n) is 6.32. The number of carbonyl (C=O) groups is 1. The van der Waals surface area contributed by atoms with E-state index >= 15 is 0 Å². The van der Waals surface area contributed by atoms with E-state index in [1.165, 1.54) is 12.1 Å². The number of nitriles is 1. The van der Waals surface area contributed by atoms with E-state index in [9.17, 15) is 14.4 Å². The predicted molar refractivity (Wildman–Crippen MR) is 134 cm³/mol. The van der Waals surface area contributed by atoms with Gasteiger partial charge in [0, 0.05) is 15.7 Å². The first-order valence-corrected chi connectivity index (χ1v) is 11.6. The Kier molecular flexibility index (Phi) is 8.23. The largest absolute Gasteiger partial charge is 0.486 e. The van der Waals surface area contributed by atoms with E-state index in [1.807, 2.05) is 6.07 Å². The number of hydrogen-bond acceptors (Lipinski definition) is 3. The van der Waals surface area contributed by atoms with Crippen LogP contribution in [0.5, 0.6) is 5.75 Å². The van der Waals surface area contributed by atoms with Crippen LogP contribution in [-0.4, -0.2) is 5.91 Å². The van der Waals surface area contributed by atoms with E-state index in [0.29, 0.717) is 27.0 Å².